The molecule has 0 amide bonds. The van der Waals surface area contributed by atoms with Crippen molar-refractivity contribution in [3.63, 3.8) is 0 Å². The monoisotopic (exact) mass is 344 g/mol. The van der Waals surface area contributed by atoms with Crippen LogP contribution in [0.25, 0.3) is 0 Å². The Bertz CT molecular complexity index is 679. The van der Waals surface area contributed by atoms with Crippen LogP contribution in [-0.4, -0.2) is 12.4 Å². The van der Waals surface area contributed by atoms with Crippen LogP contribution in [-0.2, 0) is 11.2 Å². The molecule has 1 atom stereocenters. The molecule has 0 saturated heterocycles. The number of aryl methyl sites for hydroxylation is 1. The van der Waals surface area contributed by atoms with Gasteiger partial charge in [0.25, 0.3) is 0 Å². The molecule has 0 spiro atoms. The third-order valence-electron chi connectivity index (χ3n) is 3.95. The van der Waals surface area contributed by atoms with Crippen LogP contribution in [0.1, 0.15) is 39.6 Å². The number of fused-ring (bicyclic) bond motifs is 1. The zero-order chi connectivity index (χ0) is 14.8. The molecule has 1 heterocycles. The van der Waals surface area contributed by atoms with E-state index in [1.165, 1.54) is 5.56 Å². The molecule has 2 nitrogen and oxygen atoms in total. The van der Waals surface area contributed by atoms with Gasteiger partial charge in [0, 0.05) is 16.5 Å². The van der Waals surface area contributed by atoms with Crippen LogP contribution in [0.4, 0.5) is 0 Å². The standard InChI is InChI=1S/C18H17BrO2/c1-12-10-14(19)6-7-15(12)17(20)11-18-16-5-3-2-4-13(16)8-9-21-18/h2-7,10,18H,8-9,11H2,1H3. The summed E-state index contributed by atoms with van der Waals surface area (Å²) in [5.41, 5.74) is 4.24. The zero-order valence-electron chi connectivity index (χ0n) is 11.9. The maximum atomic E-state index is 12.6. The summed E-state index contributed by atoms with van der Waals surface area (Å²) in [6.45, 7) is 2.65. The normalized spacial score (nSPS) is 17.3. The highest BCUT2D eigenvalue weighted by Crippen LogP contribution is 2.31. The van der Waals surface area contributed by atoms with E-state index in [1.807, 2.05) is 37.3 Å². The summed E-state index contributed by atoms with van der Waals surface area (Å²) >= 11 is 3.43. The van der Waals surface area contributed by atoms with Crippen molar-refractivity contribution in [3.8, 4) is 0 Å². The van der Waals surface area contributed by atoms with Crippen molar-refractivity contribution in [3.05, 3.63) is 69.2 Å². The summed E-state index contributed by atoms with van der Waals surface area (Å²) in [5.74, 6) is 0.140. The number of ether oxygens (including phenoxy) is 1. The average Bonchev–Trinajstić information content (AvgIpc) is 2.47. The smallest absolute Gasteiger partial charge is 0.166 e. The van der Waals surface area contributed by atoms with E-state index in [0.29, 0.717) is 13.0 Å². The van der Waals surface area contributed by atoms with Crippen LogP contribution in [0.5, 0.6) is 0 Å². The van der Waals surface area contributed by atoms with Gasteiger partial charge < -0.3 is 4.74 Å². The van der Waals surface area contributed by atoms with Gasteiger partial charge in [-0.2, -0.15) is 0 Å². The number of ketones is 1. The summed E-state index contributed by atoms with van der Waals surface area (Å²) in [5, 5.41) is 0. The van der Waals surface area contributed by atoms with Gasteiger partial charge in [0.15, 0.2) is 5.78 Å². The SMILES string of the molecule is Cc1cc(Br)ccc1C(=O)CC1OCCc2ccccc21. The van der Waals surface area contributed by atoms with Crippen molar-refractivity contribution in [1.82, 2.24) is 0 Å². The van der Waals surface area contributed by atoms with E-state index in [-0.39, 0.29) is 11.9 Å². The molecular formula is C18H17BrO2. The van der Waals surface area contributed by atoms with E-state index in [0.717, 1.165) is 27.6 Å². The minimum absolute atomic E-state index is 0.120. The lowest BCUT2D eigenvalue weighted by Crippen LogP contribution is -2.19. The number of carbonyl (C=O) groups is 1. The molecule has 1 aliphatic heterocycles. The van der Waals surface area contributed by atoms with E-state index in [4.69, 9.17) is 4.74 Å². The predicted molar refractivity (Wildman–Crippen MR) is 86.7 cm³/mol. The molecule has 108 valence electrons. The second-order valence-corrected chi connectivity index (χ2v) is 6.31. The predicted octanol–water partition coefficient (Wildman–Crippen LogP) is 4.64. The van der Waals surface area contributed by atoms with E-state index in [2.05, 4.69) is 28.1 Å². The first-order valence-electron chi connectivity index (χ1n) is 7.14. The zero-order valence-corrected chi connectivity index (χ0v) is 13.5. The number of carbonyl (C=O) groups excluding carboxylic acids is 1. The summed E-state index contributed by atoms with van der Waals surface area (Å²) in [7, 11) is 0. The maximum Gasteiger partial charge on any atom is 0.166 e. The van der Waals surface area contributed by atoms with E-state index in [9.17, 15) is 4.79 Å². The minimum atomic E-state index is -0.120. The fourth-order valence-corrected chi connectivity index (χ4v) is 3.34. The third-order valence-corrected chi connectivity index (χ3v) is 4.45. The first-order valence-corrected chi connectivity index (χ1v) is 7.93. The van der Waals surface area contributed by atoms with Gasteiger partial charge in [0.05, 0.1) is 12.7 Å². The summed E-state index contributed by atoms with van der Waals surface area (Å²) in [6, 6.07) is 14.0. The van der Waals surface area contributed by atoms with Gasteiger partial charge in [0.2, 0.25) is 0 Å². The Morgan fingerprint density at radius 2 is 2.10 bits per heavy atom. The van der Waals surface area contributed by atoms with Crippen LogP contribution in [0.3, 0.4) is 0 Å². The average molecular weight is 345 g/mol. The Morgan fingerprint density at radius 1 is 1.29 bits per heavy atom. The van der Waals surface area contributed by atoms with Gasteiger partial charge in [-0.3, -0.25) is 4.79 Å². The molecule has 0 aliphatic carbocycles. The quantitative estimate of drug-likeness (QED) is 0.758. The second kappa shape index (κ2) is 6.12. The van der Waals surface area contributed by atoms with Crippen molar-refractivity contribution in [1.29, 1.82) is 0 Å². The summed E-state index contributed by atoms with van der Waals surface area (Å²) in [4.78, 5) is 12.6. The lowest BCUT2D eigenvalue weighted by Gasteiger charge is -2.25. The van der Waals surface area contributed by atoms with E-state index < -0.39 is 0 Å². The Balaban J connectivity index is 1.83. The molecule has 0 N–H and O–H groups in total. The fraction of sp³-hybridized carbons (Fsp3) is 0.278. The van der Waals surface area contributed by atoms with Gasteiger partial charge >= 0.3 is 0 Å². The molecule has 2 aromatic carbocycles. The van der Waals surface area contributed by atoms with Crippen LogP contribution in [0.15, 0.2) is 46.9 Å². The maximum absolute atomic E-state index is 12.6. The molecule has 1 unspecified atom stereocenters. The van der Waals surface area contributed by atoms with Gasteiger partial charge in [-0.1, -0.05) is 46.3 Å². The van der Waals surface area contributed by atoms with Crippen molar-refractivity contribution in [2.45, 2.75) is 25.9 Å². The highest BCUT2D eigenvalue weighted by molar-refractivity contribution is 9.10. The Morgan fingerprint density at radius 3 is 2.90 bits per heavy atom. The highest BCUT2D eigenvalue weighted by Gasteiger charge is 2.24. The lowest BCUT2D eigenvalue weighted by molar-refractivity contribution is 0.0352. The van der Waals surface area contributed by atoms with Crippen molar-refractivity contribution >= 4 is 21.7 Å². The number of halogens is 1. The first kappa shape index (κ1) is 14.5. The molecular weight excluding hydrogens is 328 g/mol. The number of hydrogen-bond donors (Lipinski definition) is 0. The largest absolute Gasteiger partial charge is 0.373 e. The van der Waals surface area contributed by atoms with E-state index >= 15 is 0 Å². The number of benzene rings is 2. The topological polar surface area (TPSA) is 26.3 Å². The summed E-state index contributed by atoms with van der Waals surface area (Å²) in [6.07, 6.45) is 1.21. The second-order valence-electron chi connectivity index (χ2n) is 5.39. The molecule has 2 aromatic rings. The highest BCUT2D eigenvalue weighted by atomic mass is 79.9. The van der Waals surface area contributed by atoms with Crippen molar-refractivity contribution < 1.29 is 9.53 Å². The van der Waals surface area contributed by atoms with Crippen LogP contribution in [0, 0.1) is 6.92 Å². The number of rotatable bonds is 3. The molecule has 3 rings (SSSR count). The Hall–Kier alpha value is -1.45. The number of hydrogen-bond acceptors (Lipinski definition) is 2. The Labute approximate surface area is 133 Å². The molecule has 0 radical (unpaired) electrons. The molecule has 3 heteroatoms. The minimum Gasteiger partial charge on any atom is -0.373 e. The fourth-order valence-electron chi connectivity index (χ4n) is 2.86. The van der Waals surface area contributed by atoms with Gasteiger partial charge in [-0.05, 0) is 42.2 Å². The molecule has 0 fully saturated rings. The summed E-state index contributed by atoms with van der Waals surface area (Å²) < 4.78 is 6.83. The Kier molecular flexibility index (Phi) is 4.22. The third kappa shape index (κ3) is 3.09. The van der Waals surface area contributed by atoms with Crippen LogP contribution >= 0.6 is 15.9 Å². The van der Waals surface area contributed by atoms with Crippen molar-refractivity contribution in [2.75, 3.05) is 6.61 Å². The van der Waals surface area contributed by atoms with Gasteiger partial charge in [0.1, 0.15) is 0 Å². The van der Waals surface area contributed by atoms with Gasteiger partial charge in [-0.25, -0.2) is 0 Å². The molecule has 0 aromatic heterocycles. The lowest BCUT2D eigenvalue weighted by atomic mass is 9.92. The molecule has 21 heavy (non-hydrogen) atoms. The van der Waals surface area contributed by atoms with Crippen molar-refractivity contribution in [2.24, 2.45) is 0 Å². The first-order chi connectivity index (χ1) is 10.1. The van der Waals surface area contributed by atoms with Crippen LogP contribution < -0.4 is 0 Å². The van der Waals surface area contributed by atoms with E-state index in [1.54, 1.807) is 0 Å². The number of Topliss-reactive ketones (excluding diaryl/α,β-unsaturated/α-hetero) is 1. The molecule has 0 saturated carbocycles. The van der Waals surface area contributed by atoms with Crippen LogP contribution in [0.2, 0.25) is 0 Å². The molecule has 1 aliphatic rings. The van der Waals surface area contributed by atoms with Gasteiger partial charge in [-0.15, -0.1) is 0 Å². The molecule has 0 bridgehead atoms.